The SMILES string of the molecule is CC1CCc2sc(NC(=O)NCc3c(C(F)(F)F)sc4c3CCNC4)c(C(=O)OC(C)(C)C)c2C1. The van der Waals surface area contributed by atoms with E-state index in [-0.39, 0.29) is 12.1 Å². The number of amides is 2. The normalized spacial score (nSPS) is 18.0. The molecule has 192 valence electrons. The second-order valence-corrected chi connectivity index (χ2v) is 12.3. The molecule has 2 aliphatic rings. The largest absolute Gasteiger partial charge is 0.456 e. The van der Waals surface area contributed by atoms with Crippen LogP contribution in [0, 0.1) is 5.92 Å². The molecule has 2 aromatic rings. The Morgan fingerprint density at radius 3 is 2.54 bits per heavy atom. The van der Waals surface area contributed by atoms with Gasteiger partial charge in [-0.3, -0.25) is 5.32 Å². The van der Waals surface area contributed by atoms with Crippen molar-refractivity contribution in [3.63, 3.8) is 0 Å². The minimum absolute atomic E-state index is 0.126. The predicted octanol–water partition coefficient (Wildman–Crippen LogP) is 5.88. The van der Waals surface area contributed by atoms with Crippen molar-refractivity contribution in [3.8, 4) is 0 Å². The van der Waals surface area contributed by atoms with Gasteiger partial charge in [0.25, 0.3) is 0 Å². The lowest BCUT2D eigenvalue weighted by molar-refractivity contribution is -0.135. The van der Waals surface area contributed by atoms with Crippen molar-refractivity contribution in [2.45, 2.75) is 78.2 Å². The summed E-state index contributed by atoms with van der Waals surface area (Å²) in [7, 11) is 0. The molecule has 0 aromatic carbocycles. The Bertz CT molecular complexity index is 1130. The van der Waals surface area contributed by atoms with Gasteiger partial charge in [-0.05, 0) is 75.6 Å². The summed E-state index contributed by atoms with van der Waals surface area (Å²) in [6.07, 6.45) is -1.48. The van der Waals surface area contributed by atoms with Crippen LogP contribution in [0.1, 0.15) is 75.8 Å². The monoisotopic (exact) mass is 529 g/mol. The topological polar surface area (TPSA) is 79.5 Å². The molecule has 2 amide bonds. The molecule has 0 bridgehead atoms. The van der Waals surface area contributed by atoms with Crippen LogP contribution >= 0.6 is 22.7 Å². The van der Waals surface area contributed by atoms with Gasteiger partial charge in [0.05, 0.1) is 5.56 Å². The lowest BCUT2D eigenvalue weighted by Gasteiger charge is -2.22. The van der Waals surface area contributed by atoms with Crippen LogP contribution in [-0.2, 0) is 43.3 Å². The Labute approximate surface area is 210 Å². The number of hydrogen-bond acceptors (Lipinski definition) is 6. The summed E-state index contributed by atoms with van der Waals surface area (Å²) in [6.45, 7) is 8.21. The van der Waals surface area contributed by atoms with E-state index in [1.54, 1.807) is 20.8 Å². The molecule has 11 heteroatoms. The van der Waals surface area contributed by atoms with E-state index in [4.69, 9.17) is 4.74 Å². The molecule has 0 radical (unpaired) electrons. The summed E-state index contributed by atoms with van der Waals surface area (Å²) in [4.78, 5) is 26.9. The van der Waals surface area contributed by atoms with Crippen LogP contribution in [0.5, 0.6) is 0 Å². The van der Waals surface area contributed by atoms with E-state index < -0.39 is 28.7 Å². The lowest BCUT2D eigenvalue weighted by atomic mass is 9.88. The number of hydrogen-bond donors (Lipinski definition) is 3. The van der Waals surface area contributed by atoms with Gasteiger partial charge in [-0.15, -0.1) is 22.7 Å². The number of esters is 1. The average molecular weight is 530 g/mol. The van der Waals surface area contributed by atoms with Crippen molar-refractivity contribution in [2.75, 3.05) is 11.9 Å². The summed E-state index contributed by atoms with van der Waals surface area (Å²) >= 11 is 2.08. The molecule has 1 aliphatic heterocycles. The molecule has 35 heavy (non-hydrogen) atoms. The molecular formula is C24H30F3N3O3S2. The minimum atomic E-state index is -4.48. The number of aryl methyl sites for hydroxylation is 1. The molecule has 0 spiro atoms. The maximum atomic E-state index is 13.7. The third-order valence-corrected chi connectivity index (χ3v) is 8.58. The van der Waals surface area contributed by atoms with Gasteiger partial charge in [0.1, 0.15) is 15.5 Å². The quantitative estimate of drug-likeness (QED) is 0.433. The van der Waals surface area contributed by atoms with Gasteiger partial charge in [-0.1, -0.05) is 6.92 Å². The highest BCUT2D eigenvalue weighted by Crippen LogP contribution is 2.42. The summed E-state index contributed by atoms with van der Waals surface area (Å²) in [5.41, 5.74) is 1.35. The van der Waals surface area contributed by atoms with Crippen LogP contribution in [0.3, 0.4) is 0 Å². The minimum Gasteiger partial charge on any atom is -0.456 e. The van der Waals surface area contributed by atoms with Gasteiger partial charge < -0.3 is 15.4 Å². The standard InChI is InChI=1S/C24H30F3N3O3S2/c1-12-5-6-16-14(9-12)18(21(31)33-23(2,3)4)20(35-16)30-22(32)29-10-15-13-7-8-28-11-17(13)34-19(15)24(25,26)27/h12,28H,5-11H2,1-4H3,(H2,29,30,32). The van der Waals surface area contributed by atoms with Crippen molar-refractivity contribution in [3.05, 3.63) is 36.9 Å². The van der Waals surface area contributed by atoms with E-state index >= 15 is 0 Å². The van der Waals surface area contributed by atoms with E-state index in [0.717, 1.165) is 34.6 Å². The molecule has 1 unspecified atom stereocenters. The number of halogens is 3. The van der Waals surface area contributed by atoms with Crippen LogP contribution in [0.25, 0.3) is 0 Å². The predicted molar refractivity (Wildman–Crippen MR) is 131 cm³/mol. The third kappa shape index (κ3) is 5.83. The van der Waals surface area contributed by atoms with E-state index in [1.165, 1.54) is 11.3 Å². The zero-order valence-corrected chi connectivity index (χ0v) is 21.8. The van der Waals surface area contributed by atoms with E-state index in [9.17, 15) is 22.8 Å². The maximum absolute atomic E-state index is 13.7. The summed E-state index contributed by atoms with van der Waals surface area (Å²) in [5.74, 6) is -0.0989. The fourth-order valence-corrected chi connectivity index (χ4v) is 6.95. The fraction of sp³-hybridized carbons (Fsp3) is 0.583. The smallest absolute Gasteiger partial charge is 0.425 e. The zero-order chi connectivity index (χ0) is 25.5. The number of fused-ring (bicyclic) bond motifs is 2. The third-order valence-electron chi connectivity index (χ3n) is 6.06. The lowest BCUT2D eigenvalue weighted by Crippen LogP contribution is -2.31. The number of rotatable bonds is 4. The molecule has 3 heterocycles. The Morgan fingerprint density at radius 2 is 1.86 bits per heavy atom. The molecule has 0 saturated heterocycles. The Kier molecular flexibility index (Phi) is 7.23. The molecule has 1 aliphatic carbocycles. The van der Waals surface area contributed by atoms with Crippen molar-refractivity contribution in [1.29, 1.82) is 0 Å². The van der Waals surface area contributed by atoms with Crippen molar-refractivity contribution in [2.24, 2.45) is 5.92 Å². The number of ether oxygens (including phenoxy) is 1. The number of carbonyl (C=O) groups is 2. The molecule has 2 aromatic heterocycles. The number of carbonyl (C=O) groups excluding carboxylic acids is 2. The highest BCUT2D eigenvalue weighted by atomic mass is 32.1. The number of urea groups is 1. The molecule has 3 N–H and O–H groups in total. The second-order valence-electron chi connectivity index (χ2n) is 10.1. The molecule has 0 fully saturated rings. The Morgan fingerprint density at radius 1 is 1.11 bits per heavy atom. The first-order valence-electron chi connectivity index (χ1n) is 11.7. The van der Waals surface area contributed by atoms with Crippen molar-refractivity contribution < 1.29 is 27.5 Å². The van der Waals surface area contributed by atoms with Gasteiger partial charge in [-0.25, -0.2) is 9.59 Å². The number of nitrogens with one attached hydrogen (secondary N) is 3. The van der Waals surface area contributed by atoms with Gasteiger partial charge in [0.2, 0.25) is 0 Å². The average Bonchev–Trinajstić information content (AvgIpc) is 3.28. The van der Waals surface area contributed by atoms with Gasteiger partial charge in [0.15, 0.2) is 0 Å². The fourth-order valence-electron chi connectivity index (χ4n) is 4.52. The van der Waals surface area contributed by atoms with E-state index in [0.29, 0.717) is 52.9 Å². The Hall–Kier alpha value is -2.11. The number of anilines is 1. The molecule has 1 atom stereocenters. The zero-order valence-electron chi connectivity index (χ0n) is 20.2. The summed E-state index contributed by atoms with van der Waals surface area (Å²) in [5, 5.41) is 8.79. The molecule has 4 rings (SSSR count). The Balaban J connectivity index is 1.55. The summed E-state index contributed by atoms with van der Waals surface area (Å²) < 4.78 is 46.6. The van der Waals surface area contributed by atoms with Crippen LogP contribution in [0.4, 0.5) is 23.0 Å². The van der Waals surface area contributed by atoms with E-state index in [1.807, 2.05) is 0 Å². The van der Waals surface area contributed by atoms with Gasteiger partial charge in [-0.2, -0.15) is 13.2 Å². The molecule has 6 nitrogen and oxygen atoms in total. The van der Waals surface area contributed by atoms with Crippen molar-refractivity contribution in [1.82, 2.24) is 10.6 Å². The number of alkyl halides is 3. The first-order valence-corrected chi connectivity index (χ1v) is 13.3. The van der Waals surface area contributed by atoms with Gasteiger partial charge >= 0.3 is 18.2 Å². The highest BCUT2D eigenvalue weighted by Gasteiger charge is 2.38. The van der Waals surface area contributed by atoms with Crippen LogP contribution in [0.2, 0.25) is 0 Å². The highest BCUT2D eigenvalue weighted by molar-refractivity contribution is 7.17. The maximum Gasteiger partial charge on any atom is 0.425 e. The van der Waals surface area contributed by atoms with E-state index in [2.05, 4.69) is 22.9 Å². The molecule has 0 saturated carbocycles. The first-order chi connectivity index (χ1) is 16.3. The first kappa shape index (κ1) is 26.0. The molecular weight excluding hydrogens is 499 g/mol. The van der Waals surface area contributed by atoms with Crippen molar-refractivity contribution >= 4 is 39.7 Å². The second kappa shape index (κ2) is 9.74. The van der Waals surface area contributed by atoms with Gasteiger partial charge in [0, 0.05) is 22.8 Å². The summed E-state index contributed by atoms with van der Waals surface area (Å²) in [6, 6.07) is -0.650. The van der Waals surface area contributed by atoms with Crippen LogP contribution in [0.15, 0.2) is 0 Å². The van der Waals surface area contributed by atoms with Crippen LogP contribution < -0.4 is 16.0 Å². The van der Waals surface area contributed by atoms with Crippen LogP contribution in [-0.4, -0.2) is 24.1 Å². The number of thiophene rings is 2.